The van der Waals surface area contributed by atoms with Crippen LogP contribution in [0.25, 0.3) is 0 Å². The Balaban J connectivity index is 2.22. The van der Waals surface area contributed by atoms with Gasteiger partial charge in [0.1, 0.15) is 5.75 Å². The Kier molecular flexibility index (Phi) is 4.06. The Morgan fingerprint density at radius 3 is 2.47 bits per heavy atom. The van der Waals surface area contributed by atoms with Gasteiger partial charge in [0.15, 0.2) is 0 Å². The fourth-order valence-corrected chi connectivity index (χ4v) is 2.52. The van der Waals surface area contributed by atoms with Gasteiger partial charge >= 0.3 is 0 Å². The zero-order valence-electron chi connectivity index (χ0n) is 11.1. The fraction of sp³-hybridized carbons (Fsp3) is 0.600. The Bertz CT molecular complexity index is 358. The third-order valence-corrected chi connectivity index (χ3v) is 3.55. The molecule has 2 rings (SSSR count). The van der Waals surface area contributed by atoms with Crippen LogP contribution in [-0.2, 0) is 0 Å². The van der Waals surface area contributed by atoms with Crippen LogP contribution in [0.5, 0.6) is 5.75 Å². The highest BCUT2D eigenvalue weighted by molar-refractivity contribution is 5.36. The quantitative estimate of drug-likeness (QED) is 0.840. The van der Waals surface area contributed by atoms with Crippen molar-refractivity contribution >= 4 is 0 Å². The minimum Gasteiger partial charge on any atom is -0.491 e. The molecule has 17 heavy (non-hydrogen) atoms. The first kappa shape index (κ1) is 12.4. The van der Waals surface area contributed by atoms with Gasteiger partial charge in [0.2, 0.25) is 0 Å². The number of para-hydroxylation sites is 1. The molecule has 1 aliphatic carbocycles. The van der Waals surface area contributed by atoms with Gasteiger partial charge in [-0.05, 0) is 45.7 Å². The average molecular weight is 233 g/mol. The maximum atomic E-state index is 5.91. The lowest BCUT2D eigenvalue weighted by Gasteiger charge is -2.34. The highest BCUT2D eigenvalue weighted by atomic mass is 16.5. The van der Waals surface area contributed by atoms with Gasteiger partial charge in [-0.1, -0.05) is 24.6 Å². The molecule has 0 radical (unpaired) electrons. The molecule has 94 valence electrons. The molecule has 0 spiro atoms. The van der Waals surface area contributed by atoms with Crippen LogP contribution in [0.2, 0.25) is 0 Å². The van der Waals surface area contributed by atoms with Crippen molar-refractivity contribution in [1.29, 1.82) is 0 Å². The zero-order chi connectivity index (χ0) is 12.3. The second-order valence-electron chi connectivity index (χ2n) is 5.16. The first-order chi connectivity index (χ1) is 8.22. The van der Waals surface area contributed by atoms with Gasteiger partial charge in [-0.15, -0.1) is 0 Å². The maximum absolute atomic E-state index is 5.91. The van der Waals surface area contributed by atoms with Gasteiger partial charge < -0.3 is 10.1 Å². The van der Waals surface area contributed by atoms with E-state index in [0.717, 1.165) is 11.7 Å². The smallest absolute Gasteiger partial charge is 0.124 e. The predicted molar refractivity (Wildman–Crippen MR) is 71.3 cm³/mol. The molecule has 0 heterocycles. The zero-order valence-corrected chi connectivity index (χ0v) is 11.1. The number of hydrogen-bond acceptors (Lipinski definition) is 2. The molecule has 1 saturated carbocycles. The molecular formula is C15H23NO. The van der Waals surface area contributed by atoms with Crippen LogP contribution in [0.1, 0.15) is 44.7 Å². The molecule has 1 aromatic rings. The van der Waals surface area contributed by atoms with Gasteiger partial charge in [0.25, 0.3) is 0 Å². The lowest BCUT2D eigenvalue weighted by Crippen LogP contribution is -2.30. The van der Waals surface area contributed by atoms with E-state index >= 15 is 0 Å². The summed E-state index contributed by atoms with van der Waals surface area (Å²) in [5, 5.41) is 3.45. The first-order valence-corrected chi connectivity index (χ1v) is 6.65. The number of benzene rings is 1. The van der Waals surface area contributed by atoms with E-state index in [0.29, 0.717) is 6.04 Å². The summed E-state index contributed by atoms with van der Waals surface area (Å²) in [6.07, 6.45) is 4.27. The van der Waals surface area contributed by atoms with Crippen LogP contribution in [0.3, 0.4) is 0 Å². The summed E-state index contributed by atoms with van der Waals surface area (Å²) in [5.74, 6) is 1.81. The second kappa shape index (κ2) is 5.54. The molecule has 0 saturated heterocycles. The van der Waals surface area contributed by atoms with Gasteiger partial charge in [-0.25, -0.2) is 0 Å². The van der Waals surface area contributed by atoms with Crippen molar-refractivity contribution in [3.05, 3.63) is 29.8 Å². The van der Waals surface area contributed by atoms with Crippen molar-refractivity contribution in [2.45, 2.75) is 45.3 Å². The van der Waals surface area contributed by atoms with Gasteiger partial charge in [-0.2, -0.15) is 0 Å². The van der Waals surface area contributed by atoms with Crippen LogP contribution in [-0.4, -0.2) is 13.2 Å². The lowest BCUT2D eigenvalue weighted by atomic mass is 9.77. The van der Waals surface area contributed by atoms with Gasteiger partial charge in [0.05, 0.1) is 6.10 Å². The third kappa shape index (κ3) is 2.81. The van der Waals surface area contributed by atoms with Crippen molar-refractivity contribution in [2.75, 3.05) is 7.05 Å². The van der Waals surface area contributed by atoms with E-state index < -0.39 is 0 Å². The molecule has 2 nitrogen and oxygen atoms in total. The summed E-state index contributed by atoms with van der Waals surface area (Å²) in [6, 6.07) is 8.87. The van der Waals surface area contributed by atoms with Crippen LogP contribution in [0.4, 0.5) is 0 Å². The van der Waals surface area contributed by atoms with E-state index in [-0.39, 0.29) is 6.10 Å². The van der Waals surface area contributed by atoms with Crippen LogP contribution in [0.15, 0.2) is 24.3 Å². The van der Waals surface area contributed by atoms with Crippen molar-refractivity contribution in [3.63, 3.8) is 0 Å². The van der Waals surface area contributed by atoms with Crippen molar-refractivity contribution in [2.24, 2.45) is 5.92 Å². The highest BCUT2D eigenvalue weighted by Crippen LogP contribution is 2.40. The monoisotopic (exact) mass is 233 g/mol. The second-order valence-corrected chi connectivity index (χ2v) is 5.16. The van der Waals surface area contributed by atoms with Gasteiger partial charge in [0, 0.05) is 11.6 Å². The molecule has 1 fully saturated rings. The normalized spacial score (nSPS) is 17.9. The summed E-state index contributed by atoms with van der Waals surface area (Å²) >= 11 is 0. The molecule has 1 atom stereocenters. The average Bonchev–Trinajstić information content (AvgIpc) is 2.23. The predicted octanol–water partition coefficient (Wildman–Crippen LogP) is 3.53. The van der Waals surface area contributed by atoms with E-state index in [2.05, 4.69) is 50.5 Å². The number of rotatable bonds is 5. The first-order valence-electron chi connectivity index (χ1n) is 6.65. The molecule has 0 aromatic heterocycles. The lowest BCUT2D eigenvalue weighted by molar-refractivity contribution is 0.214. The van der Waals surface area contributed by atoms with Crippen LogP contribution < -0.4 is 10.1 Å². The Morgan fingerprint density at radius 1 is 1.24 bits per heavy atom. The summed E-state index contributed by atoms with van der Waals surface area (Å²) in [7, 11) is 2.05. The summed E-state index contributed by atoms with van der Waals surface area (Å²) < 4.78 is 5.91. The maximum Gasteiger partial charge on any atom is 0.124 e. The van der Waals surface area contributed by atoms with Crippen LogP contribution >= 0.6 is 0 Å². The summed E-state index contributed by atoms with van der Waals surface area (Å²) in [6.45, 7) is 4.16. The summed E-state index contributed by atoms with van der Waals surface area (Å²) in [4.78, 5) is 0. The number of nitrogens with one attached hydrogen (secondary N) is 1. The molecule has 1 aromatic carbocycles. The molecule has 2 heteroatoms. The van der Waals surface area contributed by atoms with E-state index in [1.807, 2.05) is 0 Å². The Hall–Kier alpha value is -1.02. The Morgan fingerprint density at radius 2 is 1.94 bits per heavy atom. The molecular weight excluding hydrogens is 210 g/mol. The third-order valence-electron chi connectivity index (χ3n) is 3.55. The van der Waals surface area contributed by atoms with E-state index in [1.165, 1.54) is 24.8 Å². The molecule has 1 unspecified atom stereocenters. The topological polar surface area (TPSA) is 21.3 Å². The SMILES string of the molecule is CNC(c1ccccc1OC(C)C)C1CCC1. The summed E-state index contributed by atoms with van der Waals surface area (Å²) in [5.41, 5.74) is 1.31. The van der Waals surface area contributed by atoms with Crippen molar-refractivity contribution in [1.82, 2.24) is 5.32 Å². The highest BCUT2D eigenvalue weighted by Gasteiger charge is 2.29. The van der Waals surface area contributed by atoms with Crippen molar-refractivity contribution in [3.8, 4) is 5.75 Å². The minimum atomic E-state index is 0.232. The largest absolute Gasteiger partial charge is 0.491 e. The van der Waals surface area contributed by atoms with Crippen molar-refractivity contribution < 1.29 is 4.74 Å². The number of ether oxygens (including phenoxy) is 1. The minimum absolute atomic E-state index is 0.232. The standard InChI is InChI=1S/C15H23NO/c1-11(2)17-14-10-5-4-9-13(14)15(16-3)12-7-6-8-12/h4-5,9-12,15-16H,6-8H2,1-3H3. The fourth-order valence-electron chi connectivity index (χ4n) is 2.52. The van der Waals surface area contributed by atoms with E-state index in [4.69, 9.17) is 4.74 Å². The van der Waals surface area contributed by atoms with E-state index in [1.54, 1.807) is 0 Å². The number of hydrogen-bond donors (Lipinski definition) is 1. The van der Waals surface area contributed by atoms with E-state index in [9.17, 15) is 0 Å². The molecule has 1 N–H and O–H groups in total. The van der Waals surface area contributed by atoms with Gasteiger partial charge in [-0.3, -0.25) is 0 Å². The molecule has 1 aliphatic rings. The molecule has 0 bridgehead atoms. The van der Waals surface area contributed by atoms with Crippen LogP contribution in [0, 0.1) is 5.92 Å². The molecule has 0 aliphatic heterocycles. The molecule has 0 amide bonds. The Labute approximate surface area is 104 Å².